The maximum Gasteiger partial charge on any atom is 0.255 e. The van der Waals surface area contributed by atoms with E-state index in [0.29, 0.717) is 36.6 Å². The molecule has 3 amide bonds. The third-order valence-corrected chi connectivity index (χ3v) is 7.02. The van der Waals surface area contributed by atoms with Crippen molar-refractivity contribution >= 4 is 17.7 Å². The van der Waals surface area contributed by atoms with Crippen molar-refractivity contribution in [3.63, 3.8) is 0 Å². The molecule has 0 aromatic heterocycles. The molecule has 3 aliphatic rings. The third kappa shape index (κ3) is 4.27. The van der Waals surface area contributed by atoms with E-state index in [4.69, 9.17) is 0 Å². The Morgan fingerprint density at radius 1 is 0.970 bits per heavy atom. The molecule has 0 saturated carbocycles. The highest BCUT2D eigenvalue weighted by molar-refractivity contribution is 6.05. The summed E-state index contributed by atoms with van der Waals surface area (Å²) in [6.07, 6.45) is 2.41. The number of carbonyl (C=O) groups excluding carboxylic acids is 3. The van der Waals surface area contributed by atoms with Crippen LogP contribution in [-0.2, 0) is 22.7 Å². The van der Waals surface area contributed by atoms with Crippen LogP contribution in [0, 0.1) is 11.6 Å². The third-order valence-electron chi connectivity index (χ3n) is 7.02. The van der Waals surface area contributed by atoms with Gasteiger partial charge in [-0.1, -0.05) is 18.2 Å². The van der Waals surface area contributed by atoms with Crippen LogP contribution >= 0.6 is 0 Å². The average molecular weight is 453 g/mol. The second-order valence-corrected chi connectivity index (χ2v) is 9.10. The first-order chi connectivity index (χ1) is 15.9. The predicted octanol–water partition coefficient (Wildman–Crippen LogP) is 3.11. The Labute approximate surface area is 190 Å². The molecule has 1 atom stereocenters. The van der Waals surface area contributed by atoms with Crippen LogP contribution < -0.4 is 5.32 Å². The zero-order valence-corrected chi connectivity index (χ0v) is 18.2. The van der Waals surface area contributed by atoms with Crippen molar-refractivity contribution in [3.8, 4) is 0 Å². The Hall–Kier alpha value is -3.13. The van der Waals surface area contributed by atoms with Gasteiger partial charge in [-0.05, 0) is 61.5 Å². The van der Waals surface area contributed by atoms with Gasteiger partial charge < -0.3 is 4.90 Å². The number of hydrogen-bond acceptors (Lipinski definition) is 4. The molecule has 3 heterocycles. The standard InChI is InChI=1S/C25H25F2N3O3/c26-19-3-1-17(21(27)12-19)13-29-9-7-15(8-10-29)16-2-4-20-18(11-16)14-30(25(20)33)22-5-6-23(31)28-24(22)32/h1-4,11-12,15,22H,5-10,13-14H2,(H,28,31,32). The zero-order chi connectivity index (χ0) is 23.1. The summed E-state index contributed by atoms with van der Waals surface area (Å²) in [5.41, 5.74) is 3.20. The van der Waals surface area contributed by atoms with E-state index in [0.717, 1.165) is 37.6 Å². The highest BCUT2D eigenvalue weighted by atomic mass is 19.1. The van der Waals surface area contributed by atoms with Gasteiger partial charge >= 0.3 is 0 Å². The fourth-order valence-corrected chi connectivity index (χ4v) is 5.16. The molecule has 2 saturated heterocycles. The van der Waals surface area contributed by atoms with Crippen molar-refractivity contribution < 1.29 is 23.2 Å². The Morgan fingerprint density at radius 2 is 1.76 bits per heavy atom. The summed E-state index contributed by atoms with van der Waals surface area (Å²) in [5.74, 6) is -1.61. The monoisotopic (exact) mass is 453 g/mol. The SMILES string of the molecule is O=C1CCC(N2Cc3cc(C4CCN(Cc5ccc(F)cc5F)CC4)ccc3C2=O)C(=O)N1. The summed E-state index contributed by atoms with van der Waals surface area (Å²) in [6.45, 7) is 2.44. The van der Waals surface area contributed by atoms with Gasteiger partial charge in [-0.25, -0.2) is 8.78 Å². The predicted molar refractivity (Wildman–Crippen MR) is 116 cm³/mol. The molecule has 1 unspecified atom stereocenters. The molecule has 172 valence electrons. The van der Waals surface area contributed by atoms with E-state index < -0.39 is 23.6 Å². The lowest BCUT2D eigenvalue weighted by Crippen LogP contribution is -2.52. The van der Waals surface area contributed by atoms with Crippen LogP contribution in [0.4, 0.5) is 8.78 Å². The lowest BCUT2D eigenvalue weighted by Gasteiger charge is -2.32. The Kier molecular flexibility index (Phi) is 5.70. The summed E-state index contributed by atoms with van der Waals surface area (Å²) in [5, 5.41) is 2.33. The van der Waals surface area contributed by atoms with Gasteiger partial charge in [0.2, 0.25) is 11.8 Å². The van der Waals surface area contributed by atoms with Crippen LogP contribution in [0.3, 0.4) is 0 Å². The molecular weight excluding hydrogens is 428 g/mol. The molecule has 2 fully saturated rings. The minimum Gasteiger partial charge on any atom is -0.322 e. The largest absolute Gasteiger partial charge is 0.322 e. The van der Waals surface area contributed by atoms with Crippen LogP contribution in [0.15, 0.2) is 36.4 Å². The number of benzene rings is 2. The molecule has 0 bridgehead atoms. The number of nitrogens with zero attached hydrogens (tertiary/aromatic N) is 2. The van der Waals surface area contributed by atoms with Crippen molar-refractivity contribution in [1.29, 1.82) is 0 Å². The van der Waals surface area contributed by atoms with Crippen LogP contribution in [0.2, 0.25) is 0 Å². The molecule has 0 aliphatic carbocycles. The molecule has 5 rings (SSSR count). The minimum atomic E-state index is -0.610. The first kappa shape index (κ1) is 21.7. The molecule has 6 nitrogen and oxygen atoms in total. The number of nitrogens with one attached hydrogen (secondary N) is 1. The molecular formula is C25H25F2N3O3. The normalized spacial score (nSPS) is 21.9. The van der Waals surface area contributed by atoms with Crippen LogP contribution in [0.25, 0.3) is 0 Å². The van der Waals surface area contributed by atoms with Crippen molar-refractivity contribution in [2.45, 2.75) is 50.7 Å². The lowest BCUT2D eigenvalue weighted by atomic mass is 9.87. The van der Waals surface area contributed by atoms with Crippen LogP contribution in [-0.4, -0.2) is 46.7 Å². The molecule has 1 N–H and O–H groups in total. The summed E-state index contributed by atoms with van der Waals surface area (Å²) in [4.78, 5) is 40.3. The lowest BCUT2D eigenvalue weighted by molar-refractivity contribution is -0.136. The maximum atomic E-state index is 14.0. The first-order valence-electron chi connectivity index (χ1n) is 11.3. The second-order valence-electron chi connectivity index (χ2n) is 9.10. The fraction of sp³-hybridized carbons (Fsp3) is 0.400. The summed E-state index contributed by atoms with van der Waals surface area (Å²) >= 11 is 0. The van der Waals surface area contributed by atoms with Crippen LogP contribution in [0.1, 0.15) is 58.6 Å². The Balaban J connectivity index is 1.23. The zero-order valence-electron chi connectivity index (χ0n) is 18.2. The van der Waals surface area contributed by atoms with E-state index in [1.54, 1.807) is 4.90 Å². The summed E-state index contributed by atoms with van der Waals surface area (Å²) in [7, 11) is 0. The molecule has 2 aromatic rings. The van der Waals surface area contributed by atoms with Gasteiger partial charge in [0.1, 0.15) is 17.7 Å². The number of imide groups is 1. The van der Waals surface area contributed by atoms with E-state index in [2.05, 4.69) is 16.3 Å². The van der Waals surface area contributed by atoms with Gasteiger partial charge in [0.25, 0.3) is 5.91 Å². The number of hydrogen-bond donors (Lipinski definition) is 1. The van der Waals surface area contributed by atoms with Gasteiger partial charge in [0.05, 0.1) is 0 Å². The number of carbonyl (C=O) groups is 3. The topological polar surface area (TPSA) is 69.7 Å². The quantitative estimate of drug-likeness (QED) is 0.723. The molecule has 3 aliphatic heterocycles. The van der Waals surface area contributed by atoms with Crippen LogP contribution in [0.5, 0.6) is 0 Å². The van der Waals surface area contributed by atoms with E-state index >= 15 is 0 Å². The number of likely N-dealkylation sites (tertiary alicyclic amines) is 1. The first-order valence-corrected chi connectivity index (χ1v) is 11.3. The van der Waals surface area contributed by atoms with Crippen molar-refractivity contribution in [1.82, 2.24) is 15.1 Å². The van der Waals surface area contributed by atoms with Gasteiger partial charge in [0, 0.05) is 36.7 Å². The van der Waals surface area contributed by atoms with Gasteiger partial charge in [-0.2, -0.15) is 0 Å². The molecule has 33 heavy (non-hydrogen) atoms. The van der Waals surface area contributed by atoms with Crippen molar-refractivity contribution in [3.05, 3.63) is 70.3 Å². The Bertz CT molecular complexity index is 1130. The smallest absolute Gasteiger partial charge is 0.255 e. The van der Waals surface area contributed by atoms with Crippen molar-refractivity contribution in [2.75, 3.05) is 13.1 Å². The number of piperidine rings is 2. The van der Waals surface area contributed by atoms with Gasteiger partial charge in [-0.15, -0.1) is 0 Å². The highest BCUT2D eigenvalue weighted by Crippen LogP contribution is 2.34. The van der Waals surface area contributed by atoms with E-state index in [1.807, 2.05) is 12.1 Å². The molecule has 8 heteroatoms. The molecule has 2 aromatic carbocycles. The summed E-state index contributed by atoms with van der Waals surface area (Å²) < 4.78 is 27.1. The van der Waals surface area contributed by atoms with Gasteiger partial charge in [0.15, 0.2) is 0 Å². The second kappa shape index (κ2) is 8.67. The highest BCUT2D eigenvalue weighted by Gasteiger charge is 2.39. The summed E-state index contributed by atoms with van der Waals surface area (Å²) in [6, 6.07) is 9.01. The van der Waals surface area contributed by atoms with E-state index in [1.165, 1.54) is 17.7 Å². The number of fused-ring (bicyclic) bond motifs is 1. The maximum absolute atomic E-state index is 14.0. The number of amides is 3. The number of halogens is 2. The average Bonchev–Trinajstić information content (AvgIpc) is 3.12. The van der Waals surface area contributed by atoms with E-state index in [-0.39, 0.29) is 18.2 Å². The number of rotatable bonds is 4. The van der Waals surface area contributed by atoms with E-state index in [9.17, 15) is 23.2 Å². The Morgan fingerprint density at radius 3 is 2.48 bits per heavy atom. The van der Waals surface area contributed by atoms with Gasteiger partial charge in [-0.3, -0.25) is 24.6 Å². The minimum absolute atomic E-state index is 0.165. The molecule has 0 spiro atoms. The molecule has 0 radical (unpaired) electrons. The fourth-order valence-electron chi connectivity index (χ4n) is 5.16. The van der Waals surface area contributed by atoms with Crippen molar-refractivity contribution in [2.24, 2.45) is 0 Å².